The van der Waals surface area contributed by atoms with Crippen LogP contribution in [0.1, 0.15) is 38.5 Å². The molecule has 0 aliphatic carbocycles. The van der Waals surface area contributed by atoms with E-state index in [2.05, 4.69) is 10.2 Å². The van der Waals surface area contributed by atoms with Gasteiger partial charge in [-0.2, -0.15) is 0 Å². The first-order chi connectivity index (χ1) is 7.43. The molecule has 0 aromatic rings. The molecule has 90 valence electrons. The van der Waals surface area contributed by atoms with Gasteiger partial charge in [-0.1, -0.05) is 0 Å². The molecule has 0 amide bonds. The summed E-state index contributed by atoms with van der Waals surface area (Å²) in [6, 6.07) is 0. The molecular weight excluding hydrogens is 186 g/mol. The maximum atomic E-state index is 5.43. The first-order valence-electron chi connectivity index (χ1n) is 6.56. The van der Waals surface area contributed by atoms with E-state index in [9.17, 15) is 0 Å². The summed E-state index contributed by atoms with van der Waals surface area (Å²) in [5, 5.41) is 3.47. The third-order valence-electron chi connectivity index (χ3n) is 3.08. The highest BCUT2D eigenvalue weighted by Crippen LogP contribution is 2.07. The summed E-state index contributed by atoms with van der Waals surface area (Å²) in [6.45, 7) is 7.13. The number of hydrogen-bond acceptors (Lipinski definition) is 3. The highest BCUT2D eigenvalue weighted by molar-refractivity contribution is 4.65. The lowest BCUT2D eigenvalue weighted by molar-refractivity contribution is 0.329. The van der Waals surface area contributed by atoms with E-state index in [0.717, 1.165) is 19.5 Å². The molecule has 1 fully saturated rings. The molecule has 0 bridgehead atoms. The van der Waals surface area contributed by atoms with Gasteiger partial charge in [0.1, 0.15) is 0 Å². The van der Waals surface area contributed by atoms with Crippen molar-refractivity contribution in [2.24, 2.45) is 5.73 Å². The summed E-state index contributed by atoms with van der Waals surface area (Å²) in [7, 11) is 0. The first kappa shape index (κ1) is 12.9. The van der Waals surface area contributed by atoms with Crippen LogP contribution >= 0.6 is 0 Å². The Labute approximate surface area is 94.4 Å². The molecule has 0 radical (unpaired) electrons. The standard InChI is InChI=1S/C12H27N3/c13-7-1-2-8-14-9-3-4-10-15-11-5-6-12-15/h14H,1-13H2. The lowest BCUT2D eigenvalue weighted by Gasteiger charge is -2.13. The first-order valence-corrected chi connectivity index (χ1v) is 6.56. The SMILES string of the molecule is NCCCCNCCCCN1CCCC1. The predicted molar refractivity (Wildman–Crippen MR) is 66.1 cm³/mol. The fourth-order valence-electron chi connectivity index (χ4n) is 2.11. The monoisotopic (exact) mass is 213 g/mol. The van der Waals surface area contributed by atoms with Crippen LogP contribution in [0.2, 0.25) is 0 Å². The van der Waals surface area contributed by atoms with Gasteiger partial charge in [-0.15, -0.1) is 0 Å². The largest absolute Gasteiger partial charge is 0.330 e. The second-order valence-corrected chi connectivity index (χ2v) is 4.50. The van der Waals surface area contributed by atoms with Gasteiger partial charge in [0.25, 0.3) is 0 Å². The minimum absolute atomic E-state index is 0.830. The number of likely N-dealkylation sites (tertiary alicyclic amines) is 1. The molecule has 1 aliphatic heterocycles. The van der Waals surface area contributed by atoms with E-state index in [1.54, 1.807) is 0 Å². The molecule has 3 heteroatoms. The summed E-state index contributed by atoms with van der Waals surface area (Å²) in [5.74, 6) is 0. The van der Waals surface area contributed by atoms with E-state index < -0.39 is 0 Å². The molecule has 1 aliphatic rings. The summed E-state index contributed by atoms with van der Waals surface area (Å²) < 4.78 is 0. The van der Waals surface area contributed by atoms with E-state index in [-0.39, 0.29) is 0 Å². The third-order valence-corrected chi connectivity index (χ3v) is 3.08. The Hall–Kier alpha value is -0.120. The highest BCUT2D eigenvalue weighted by Gasteiger charge is 2.09. The van der Waals surface area contributed by atoms with Gasteiger partial charge in [0.15, 0.2) is 0 Å². The normalized spacial score (nSPS) is 17.4. The van der Waals surface area contributed by atoms with Crippen LogP contribution in [0.5, 0.6) is 0 Å². The molecule has 1 saturated heterocycles. The van der Waals surface area contributed by atoms with Crippen LogP contribution in [0.15, 0.2) is 0 Å². The molecule has 0 aromatic carbocycles. The number of hydrogen-bond donors (Lipinski definition) is 2. The van der Waals surface area contributed by atoms with Crippen molar-refractivity contribution in [1.29, 1.82) is 0 Å². The Morgan fingerprint density at radius 2 is 1.60 bits per heavy atom. The van der Waals surface area contributed by atoms with Crippen molar-refractivity contribution in [3.8, 4) is 0 Å². The zero-order chi connectivity index (χ0) is 10.8. The average Bonchev–Trinajstić information content (AvgIpc) is 2.75. The van der Waals surface area contributed by atoms with Gasteiger partial charge in [0.2, 0.25) is 0 Å². The van der Waals surface area contributed by atoms with Crippen molar-refractivity contribution in [3.05, 3.63) is 0 Å². The zero-order valence-electron chi connectivity index (χ0n) is 10.0. The fraction of sp³-hybridized carbons (Fsp3) is 1.00. The predicted octanol–water partition coefficient (Wildman–Crippen LogP) is 1.19. The molecule has 1 rings (SSSR count). The molecular formula is C12H27N3. The maximum absolute atomic E-state index is 5.43. The number of nitrogens with one attached hydrogen (secondary N) is 1. The quantitative estimate of drug-likeness (QED) is 0.565. The molecule has 15 heavy (non-hydrogen) atoms. The van der Waals surface area contributed by atoms with Gasteiger partial charge in [-0.25, -0.2) is 0 Å². The van der Waals surface area contributed by atoms with Crippen LogP contribution in [-0.2, 0) is 0 Å². The molecule has 3 nitrogen and oxygen atoms in total. The van der Waals surface area contributed by atoms with E-state index in [1.165, 1.54) is 58.3 Å². The number of unbranched alkanes of at least 4 members (excludes halogenated alkanes) is 2. The van der Waals surface area contributed by atoms with Gasteiger partial charge in [-0.3, -0.25) is 0 Å². The van der Waals surface area contributed by atoms with E-state index in [1.807, 2.05) is 0 Å². The van der Waals surface area contributed by atoms with Crippen LogP contribution in [0.25, 0.3) is 0 Å². The summed E-state index contributed by atoms with van der Waals surface area (Å²) >= 11 is 0. The van der Waals surface area contributed by atoms with Crippen molar-refractivity contribution in [2.75, 3.05) is 39.3 Å². The molecule has 0 spiro atoms. The Morgan fingerprint density at radius 1 is 0.933 bits per heavy atom. The minimum Gasteiger partial charge on any atom is -0.330 e. The average molecular weight is 213 g/mol. The van der Waals surface area contributed by atoms with Crippen molar-refractivity contribution in [1.82, 2.24) is 10.2 Å². The van der Waals surface area contributed by atoms with Gasteiger partial charge < -0.3 is 16.0 Å². The van der Waals surface area contributed by atoms with Gasteiger partial charge in [0.05, 0.1) is 0 Å². The van der Waals surface area contributed by atoms with Gasteiger partial charge in [-0.05, 0) is 77.8 Å². The Bertz CT molecular complexity index is 133. The summed E-state index contributed by atoms with van der Waals surface area (Å²) in [6.07, 6.45) is 7.88. The second-order valence-electron chi connectivity index (χ2n) is 4.50. The molecule has 0 aromatic heterocycles. The van der Waals surface area contributed by atoms with E-state index in [0.29, 0.717) is 0 Å². The molecule has 0 unspecified atom stereocenters. The number of nitrogens with zero attached hydrogens (tertiary/aromatic N) is 1. The van der Waals surface area contributed by atoms with Crippen LogP contribution in [0.3, 0.4) is 0 Å². The van der Waals surface area contributed by atoms with Gasteiger partial charge >= 0.3 is 0 Å². The minimum atomic E-state index is 0.830. The Balaban J connectivity index is 1.73. The Kier molecular flexibility index (Phi) is 7.88. The molecule has 0 atom stereocenters. The fourth-order valence-corrected chi connectivity index (χ4v) is 2.11. The topological polar surface area (TPSA) is 41.3 Å². The molecule has 1 heterocycles. The van der Waals surface area contributed by atoms with Crippen molar-refractivity contribution in [2.45, 2.75) is 38.5 Å². The molecule has 0 saturated carbocycles. The second kappa shape index (κ2) is 9.13. The highest BCUT2D eigenvalue weighted by atomic mass is 15.1. The maximum Gasteiger partial charge on any atom is -0.00183 e. The zero-order valence-corrected chi connectivity index (χ0v) is 10.0. The van der Waals surface area contributed by atoms with Crippen LogP contribution in [0.4, 0.5) is 0 Å². The lowest BCUT2D eigenvalue weighted by Crippen LogP contribution is -2.22. The smallest absolute Gasteiger partial charge is 0.00183 e. The van der Waals surface area contributed by atoms with Crippen molar-refractivity contribution < 1.29 is 0 Å². The van der Waals surface area contributed by atoms with Crippen molar-refractivity contribution in [3.63, 3.8) is 0 Å². The van der Waals surface area contributed by atoms with E-state index >= 15 is 0 Å². The molecule has 3 N–H and O–H groups in total. The third kappa shape index (κ3) is 6.88. The summed E-state index contributed by atoms with van der Waals surface area (Å²) in [5.41, 5.74) is 5.43. The van der Waals surface area contributed by atoms with Crippen molar-refractivity contribution >= 4 is 0 Å². The van der Waals surface area contributed by atoms with E-state index in [4.69, 9.17) is 5.73 Å². The lowest BCUT2D eigenvalue weighted by atomic mass is 10.2. The van der Waals surface area contributed by atoms with Crippen LogP contribution < -0.4 is 11.1 Å². The van der Waals surface area contributed by atoms with Crippen LogP contribution in [-0.4, -0.2) is 44.2 Å². The van der Waals surface area contributed by atoms with Gasteiger partial charge in [0, 0.05) is 0 Å². The summed E-state index contributed by atoms with van der Waals surface area (Å²) in [4.78, 5) is 2.59. The van der Waals surface area contributed by atoms with Crippen LogP contribution in [0, 0.1) is 0 Å². The number of rotatable bonds is 9. The number of nitrogens with two attached hydrogens (primary N) is 1. The Morgan fingerprint density at radius 3 is 2.27 bits per heavy atom.